The second-order valence-electron chi connectivity index (χ2n) is 5.10. The Bertz CT molecular complexity index is 451. The number of hydrogen-bond donors (Lipinski definition) is 1. The number of rotatable bonds is 5. The molecule has 6 heteroatoms. The van der Waals surface area contributed by atoms with E-state index in [0.29, 0.717) is 13.0 Å². The number of carbonyl (C=O) groups is 1. The zero-order chi connectivity index (χ0) is 14.4. The molecule has 0 atom stereocenters. The van der Waals surface area contributed by atoms with Crippen molar-refractivity contribution in [2.24, 2.45) is 5.73 Å². The van der Waals surface area contributed by atoms with Gasteiger partial charge in [-0.3, -0.25) is 4.79 Å². The molecule has 21 heavy (non-hydrogen) atoms. The highest BCUT2D eigenvalue weighted by Crippen LogP contribution is 2.23. The predicted molar refractivity (Wildman–Crippen MR) is 89.9 cm³/mol. The van der Waals surface area contributed by atoms with Crippen LogP contribution in [0.15, 0.2) is 28.7 Å². The molecule has 1 aromatic carbocycles. The van der Waals surface area contributed by atoms with Crippen LogP contribution in [0, 0.1) is 0 Å². The van der Waals surface area contributed by atoms with E-state index in [1.54, 1.807) is 0 Å². The van der Waals surface area contributed by atoms with E-state index in [2.05, 4.69) is 15.9 Å². The molecule has 1 amide bonds. The lowest BCUT2D eigenvalue weighted by Crippen LogP contribution is -2.42. The van der Waals surface area contributed by atoms with Crippen molar-refractivity contribution in [3.63, 3.8) is 0 Å². The normalized spacial score (nSPS) is 15.4. The van der Waals surface area contributed by atoms with Crippen LogP contribution in [-0.4, -0.2) is 36.5 Å². The number of benzene rings is 1. The van der Waals surface area contributed by atoms with Crippen molar-refractivity contribution in [3.8, 4) is 5.75 Å². The summed E-state index contributed by atoms with van der Waals surface area (Å²) in [4.78, 5) is 13.9. The third kappa shape index (κ3) is 5.85. The van der Waals surface area contributed by atoms with Gasteiger partial charge in [-0.15, -0.1) is 12.4 Å². The van der Waals surface area contributed by atoms with E-state index >= 15 is 0 Å². The van der Waals surface area contributed by atoms with Crippen molar-refractivity contribution in [1.82, 2.24) is 4.90 Å². The summed E-state index contributed by atoms with van der Waals surface area (Å²) in [5, 5.41) is 0. The SMILES string of the molecule is Cl.NC1CCN(C(=O)CCCOc2ccccc2Br)CC1. The zero-order valence-corrected chi connectivity index (χ0v) is 14.4. The first-order valence-electron chi connectivity index (χ1n) is 7.07. The van der Waals surface area contributed by atoms with Crippen molar-refractivity contribution in [2.75, 3.05) is 19.7 Å². The zero-order valence-electron chi connectivity index (χ0n) is 12.0. The quantitative estimate of drug-likeness (QED) is 0.803. The standard InChI is InChI=1S/C15H21BrN2O2.ClH/c16-13-4-1-2-5-14(13)20-11-3-6-15(19)18-9-7-12(17)8-10-18;/h1-2,4-5,12H,3,6-11,17H2;1H. The van der Waals surface area contributed by atoms with Gasteiger partial charge in [0.05, 0.1) is 11.1 Å². The largest absolute Gasteiger partial charge is 0.492 e. The van der Waals surface area contributed by atoms with Gasteiger partial charge in [-0.2, -0.15) is 0 Å². The third-order valence-corrected chi connectivity index (χ3v) is 4.18. The number of amides is 1. The van der Waals surface area contributed by atoms with Crippen LogP contribution in [0.1, 0.15) is 25.7 Å². The highest BCUT2D eigenvalue weighted by Gasteiger charge is 2.19. The summed E-state index contributed by atoms with van der Waals surface area (Å²) in [6, 6.07) is 8.00. The Balaban J connectivity index is 0.00000220. The Morgan fingerprint density at radius 1 is 1.33 bits per heavy atom. The summed E-state index contributed by atoms with van der Waals surface area (Å²) in [5.41, 5.74) is 5.83. The number of nitrogens with zero attached hydrogens (tertiary/aromatic N) is 1. The summed E-state index contributed by atoms with van der Waals surface area (Å²) >= 11 is 3.43. The first-order valence-corrected chi connectivity index (χ1v) is 7.87. The summed E-state index contributed by atoms with van der Waals surface area (Å²) in [6.07, 6.45) is 3.11. The third-order valence-electron chi connectivity index (χ3n) is 3.52. The molecule has 0 unspecified atom stereocenters. The Kier molecular flexibility index (Phi) is 8.07. The van der Waals surface area contributed by atoms with Gasteiger partial charge < -0.3 is 15.4 Å². The van der Waals surface area contributed by atoms with Crippen molar-refractivity contribution in [3.05, 3.63) is 28.7 Å². The van der Waals surface area contributed by atoms with Gasteiger partial charge >= 0.3 is 0 Å². The van der Waals surface area contributed by atoms with Crippen LogP contribution in [0.2, 0.25) is 0 Å². The minimum absolute atomic E-state index is 0. The van der Waals surface area contributed by atoms with Gasteiger partial charge in [-0.25, -0.2) is 0 Å². The summed E-state index contributed by atoms with van der Waals surface area (Å²) in [5.74, 6) is 1.04. The molecule has 0 radical (unpaired) electrons. The van der Waals surface area contributed by atoms with Gasteiger partial charge in [0.25, 0.3) is 0 Å². The number of piperidine rings is 1. The first kappa shape index (κ1) is 18.3. The molecule has 1 aliphatic heterocycles. The molecule has 0 bridgehead atoms. The van der Waals surface area contributed by atoms with Crippen LogP contribution >= 0.6 is 28.3 Å². The van der Waals surface area contributed by atoms with E-state index in [1.165, 1.54) is 0 Å². The van der Waals surface area contributed by atoms with Crippen LogP contribution in [0.5, 0.6) is 5.75 Å². The highest BCUT2D eigenvalue weighted by atomic mass is 79.9. The molecule has 2 N–H and O–H groups in total. The number of halogens is 2. The Morgan fingerprint density at radius 3 is 2.67 bits per heavy atom. The number of para-hydroxylation sites is 1. The predicted octanol–water partition coefficient (Wildman–Crippen LogP) is 2.98. The smallest absolute Gasteiger partial charge is 0.222 e. The lowest BCUT2D eigenvalue weighted by atomic mass is 10.1. The summed E-state index contributed by atoms with van der Waals surface area (Å²) in [6.45, 7) is 2.15. The fourth-order valence-corrected chi connectivity index (χ4v) is 2.67. The van der Waals surface area contributed by atoms with Crippen molar-refractivity contribution in [1.29, 1.82) is 0 Å². The topological polar surface area (TPSA) is 55.6 Å². The second-order valence-corrected chi connectivity index (χ2v) is 5.95. The monoisotopic (exact) mass is 376 g/mol. The molecular formula is C15H22BrClN2O2. The minimum Gasteiger partial charge on any atom is -0.492 e. The lowest BCUT2D eigenvalue weighted by Gasteiger charge is -2.30. The van der Waals surface area contributed by atoms with Crippen LogP contribution in [0.25, 0.3) is 0 Å². The van der Waals surface area contributed by atoms with Crippen LogP contribution < -0.4 is 10.5 Å². The van der Waals surface area contributed by atoms with E-state index in [9.17, 15) is 4.79 Å². The number of likely N-dealkylation sites (tertiary alicyclic amines) is 1. The molecule has 0 aromatic heterocycles. The summed E-state index contributed by atoms with van der Waals surface area (Å²) < 4.78 is 6.60. The molecule has 1 aliphatic rings. The van der Waals surface area contributed by atoms with Crippen molar-refractivity contribution < 1.29 is 9.53 Å². The van der Waals surface area contributed by atoms with Gasteiger partial charge in [0.1, 0.15) is 5.75 Å². The van der Waals surface area contributed by atoms with Gasteiger partial charge in [0.2, 0.25) is 5.91 Å². The van der Waals surface area contributed by atoms with Crippen molar-refractivity contribution >= 4 is 34.2 Å². The molecule has 0 aliphatic carbocycles. The average molecular weight is 378 g/mol. The van der Waals surface area contributed by atoms with E-state index in [4.69, 9.17) is 10.5 Å². The van der Waals surface area contributed by atoms with Gasteiger partial charge in [0.15, 0.2) is 0 Å². The van der Waals surface area contributed by atoms with Gasteiger partial charge in [-0.05, 0) is 47.3 Å². The molecule has 1 saturated heterocycles. The summed E-state index contributed by atoms with van der Waals surface area (Å²) in [7, 11) is 0. The molecule has 1 fully saturated rings. The number of ether oxygens (including phenoxy) is 1. The molecule has 1 aromatic rings. The highest BCUT2D eigenvalue weighted by molar-refractivity contribution is 9.10. The van der Waals surface area contributed by atoms with E-state index in [0.717, 1.165) is 42.6 Å². The molecule has 0 saturated carbocycles. The average Bonchev–Trinajstić information content (AvgIpc) is 2.46. The molecular weight excluding hydrogens is 356 g/mol. The molecule has 2 rings (SSSR count). The Hall–Kier alpha value is -0.780. The maximum atomic E-state index is 12.0. The molecule has 1 heterocycles. The number of hydrogen-bond acceptors (Lipinski definition) is 3. The van der Waals surface area contributed by atoms with Crippen molar-refractivity contribution in [2.45, 2.75) is 31.7 Å². The van der Waals surface area contributed by atoms with E-state index in [1.807, 2.05) is 29.2 Å². The fourth-order valence-electron chi connectivity index (χ4n) is 2.27. The molecule has 0 spiro atoms. The van der Waals surface area contributed by atoms with Crippen LogP contribution in [0.3, 0.4) is 0 Å². The Labute approximate surface area is 140 Å². The van der Waals surface area contributed by atoms with Crippen LogP contribution in [0.4, 0.5) is 0 Å². The lowest BCUT2D eigenvalue weighted by molar-refractivity contribution is -0.132. The maximum Gasteiger partial charge on any atom is 0.222 e. The Morgan fingerprint density at radius 2 is 2.00 bits per heavy atom. The van der Waals surface area contributed by atoms with E-state index in [-0.39, 0.29) is 24.4 Å². The molecule has 118 valence electrons. The van der Waals surface area contributed by atoms with Crippen LogP contribution in [-0.2, 0) is 4.79 Å². The fraction of sp³-hybridized carbons (Fsp3) is 0.533. The van der Waals surface area contributed by atoms with E-state index < -0.39 is 0 Å². The molecule has 4 nitrogen and oxygen atoms in total. The van der Waals surface area contributed by atoms with Gasteiger partial charge in [-0.1, -0.05) is 12.1 Å². The first-order chi connectivity index (χ1) is 9.66. The van der Waals surface area contributed by atoms with Gasteiger partial charge in [0, 0.05) is 25.6 Å². The number of carbonyl (C=O) groups excluding carboxylic acids is 1. The minimum atomic E-state index is 0. The maximum absolute atomic E-state index is 12.0. The number of nitrogens with two attached hydrogens (primary N) is 1. The second kappa shape index (κ2) is 9.28.